The molecule has 0 aliphatic carbocycles. The molecule has 11 heteroatoms. The summed E-state index contributed by atoms with van der Waals surface area (Å²) in [5.74, 6) is -4.91. The number of rotatable bonds is 4. The van der Waals surface area contributed by atoms with Crippen molar-refractivity contribution in [2.75, 3.05) is 0 Å². The fourth-order valence-corrected chi connectivity index (χ4v) is 1.71. The van der Waals surface area contributed by atoms with Crippen LogP contribution >= 0.6 is 0 Å². The molecule has 0 aliphatic heterocycles. The predicted molar refractivity (Wildman–Crippen MR) is 98.6 cm³/mol. The Morgan fingerprint density at radius 1 is 0.481 bits per heavy atom. The van der Waals surface area contributed by atoms with Crippen LogP contribution in [0.15, 0.2) is 48.5 Å². The van der Waals surface area contributed by atoms with Gasteiger partial charge in [-0.25, -0.2) is 19.2 Å². The Morgan fingerprint density at radius 3 is 0.741 bits per heavy atom. The molecule has 0 atom stereocenters. The minimum absolute atomic E-state index is 0. The summed E-state index contributed by atoms with van der Waals surface area (Å²) in [4.78, 5) is 41.9. The van der Waals surface area contributed by atoms with Gasteiger partial charge >= 0.3 is 83.0 Å². The molecule has 0 heterocycles. The molecule has 0 saturated carbocycles. The summed E-state index contributed by atoms with van der Waals surface area (Å²) in [6.07, 6.45) is 0. The van der Waals surface area contributed by atoms with E-state index < -0.39 is 23.9 Å². The summed E-state index contributed by atoms with van der Waals surface area (Å²) in [6.45, 7) is 0. The molecule has 6 N–H and O–H groups in total. The zero-order chi connectivity index (χ0) is 18.3. The van der Waals surface area contributed by atoms with Crippen molar-refractivity contribution in [3.05, 3.63) is 70.8 Å². The van der Waals surface area contributed by atoms with Gasteiger partial charge in [-0.1, -0.05) is 24.3 Å². The Balaban J connectivity index is -0.000000384. The first-order chi connectivity index (χ1) is 11.3. The van der Waals surface area contributed by atoms with Crippen LogP contribution in [0.5, 0.6) is 0 Å². The van der Waals surface area contributed by atoms with Gasteiger partial charge < -0.3 is 25.9 Å². The van der Waals surface area contributed by atoms with Gasteiger partial charge in [-0.15, -0.1) is 0 Å². The average molecular weight is 398 g/mol. The van der Waals surface area contributed by atoms with Crippen molar-refractivity contribution < 1.29 is 45.1 Å². The van der Waals surface area contributed by atoms with Gasteiger partial charge in [-0.3, -0.25) is 0 Å². The summed E-state index contributed by atoms with van der Waals surface area (Å²) in [5, 5.41) is 34.2. The normalized spacial score (nSPS) is 8.30. The second-order valence-electron chi connectivity index (χ2n) is 4.31. The molecular weight excluding hydrogens is 382 g/mol. The number of carboxylic acid groups (broad SMARTS) is 4. The molecule has 136 valence electrons. The van der Waals surface area contributed by atoms with Gasteiger partial charge in [0.15, 0.2) is 0 Å². The first-order valence-corrected chi connectivity index (χ1v) is 6.37. The number of hydrogen-bond donors (Lipinski definition) is 4. The molecule has 0 amide bonds. The maximum atomic E-state index is 10.5. The first kappa shape index (κ1) is 30.0. The van der Waals surface area contributed by atoms with Gasteiger partial charge in [0.2, 0.25) is 0 Å². The van der Waals surface area contributed by atoms with E-state index in [1.165, 1.54) is 48.5 Å². The van der Waals surface area contributed by atoms with Gasteiger partial charge in [-0.05, 0) is 24.3 Å². The third-order valence-corrected chi connectivity index (χ3v) is 2.78. The van der Waals surface area contributed by atoms with E-state index >= 15 is 0 Å². The van der Waals surface area contributed by atoms with Crippen LogP contribution in [0, 0.1) is 0 Å². The van der Waals surface area contributed by atoms with E-state index in [0.717, 1.165) is 0 Å². The Morgan fingerprint density at radius 2 is 0.630 bits per heavy atom. The molecule has 2 aromatic rings. The van der Waals surface area contributed by atoms with Crippen LogP contribution in [0.3, 0.4) is 0 Å². The summed E-state index contributed by atoms with van der Waals surface area (Å²) in [7, 11) is 0. The van der Waals surface area contributed by atoms with Crippen molar-refractivity contribution in [1.29, 1.82) is 0 Å². The monoisotopic (exact) mass is 398 g/mol. The maximum absolute atomic E-state index is 10.5. The number of hydrogen-bond acceptors (Lipinski definition) is 4. The fraction of sp³-hybridized carbons (Fsp3) is 0. The Labute approximate surface area is 197 Å². The average Bonchev–Trinajstić information content (AvgIpc) is 2.55. The molecule has 0 unspecified atom stereocenters. The molecule has 2 aromatic carbocycles. The van der Waals surface area contributed by atoms with Crippen LogP contribution < -0.4 is 0 Å². The van der Waals surface area contributed by atoms with Crippen LogP contribution in [0.1, 0.15) is 41.4 Å². The van der Waals surface area contributed by atoms with Crippen molar-refractivity contribution in [2.45, 2.75) is 0 Å². The van der Waals surface area contributed by atoms with E-state index in [1.807, 2.05) is 0 Å². The van der Waals surface area contributed by atoms with Gasteiger partial charge in [-0.2, -0.15) is 0 Å². The van der Waals surface area contributed by atoms with Crippen LogP contribution in [0.2, 0.25) is 0 Å². The standard InChI is InChI=1S/2C8H6O4.2Na.H2O.2H/c2*9-7(10)5-3-1-2-4-6(5)8(11)12;;;;;/h2*1-4H,(H,9,10)(H,11,12);;;1H2;;. The fourth-order valence-electron chi connectivity index (χ4n) is 1.71. The van der Waals surface area contributed by atoms with E-state index in [0.29, 0.717) is 0 Å². The van der Waals surface area contributed by atoms with Crippen molar-refractivity contribution in [3.8, 4) is 0 Å². The molecular formula is C16H16Na2O9. The molecule has 0 radical (unpaired) electrons. The zero-order valence-electron chi connectivity index (χ0n) is 12.5. The molecule has 0 saturated heterocycles. The Bertz CT molecular complexity index is 672. The quantitative estimate of drug-likeness (QED) is 0.521. The second kappa shape index (κ2) is 14.4. The molecule has 0 aliphatic rings. The topological polar surface area (TPSA) is 181 Å². The third-order valence-electron chi connectivity index (χ3n) is 2.78. The second-order valence-corrected chi connectivity index (χ2v) is 4.31. The van der Waals surface area contributed by atoms with Crippen molar-refractivity contribution >= 4 is 83.0 Å². The SMILES string of the molecule is O.O=C(O)c1ccccc1C(=O)O.O=C(O)c1ccccc1C(=O)O.[NaH].[NaH]. The summed E-state index contributed by atoms with van der Waals surface area (Å²) in [5.41, 5.74) is -0.759. The molecule has 0 fully saturated rings. The van der Waals surface area contributed by atoms with E-state index in [4.69, 9.17) is 20.4 Å². The number of carboxylic acids is 4. The molecule has 0 spiro atoms. The number of benzene rings is 2. The van der Waals surface area contributed by atoms with Crippen molar-refractivity contribution in [3.63, 3.8) is 0 Å². The van der Waals surface area contributed by atoms with Gasteiger partial charge in [0.1, 0.15) is 0 Å². The van der Waals surface area contributed by atoms with Crippen LogP contribution in [-0.2, 0) is 0 Å². The van der Waals surface area contributed by atoms with Crippen LogP contribution in [-0.4, -0.2) is 109 Å². The molecule has 0 bridgehead atoms. The van der Waals surface area contributed by atoms with Crippen molar-refractivity contribution in [2.24, 2.45) is 0 Å². The van der Waals surface area contributed by atoms with Gasteiger partial charge in [0.25, 0.3) is 0 Å². The molecule has 2 rings (SSSR count). The van der Waals surface area contributed by atoms with Crippen LogP contribution in [0.25, 0.3) is 0 Å². The van der Waals surface area contributed by atoms with E-state index in [1.54, 1.807) is 0 Å². The van der Waals surface area contributed by atoms with E-state index in [-0.39, 0.29) is 86.8 Å². The summed E-state index contributed by atoms with van der Waals surface area (Å²) >= 11 is 0. The molecule has 0 aromatic heterocycles. The third kappa shape index (κ3) is 9.16. The van der Waals surface area contributed by atoms with Gasteiger partial charge in [0, 0.05) is 0 Å². The molecule has 27 heavy (non-hydrogen) atoms. The van der Waals surface area contributed by atoms with Crippen molar-refractivity contribution in [1.82, 2.24) is 0 Å². The number of carbonyl (C=O) groups is 4. The summed E-state index contributed by atoms with van der Waals surface area (Å²) in [6, 6.07) is 11.0. The Hall–Kier alpha value is -1.72. The van der Waals surface area contributed by atoms with Gasteiger partial charge in [0.05, 0.1) is 22.3 Å². The Kier molecular flexibility index (Phi) is 16.0. The number of aromatic carboxylic acids is 4. The molecule has 9 nitrogen and oxygen atoms in total. The van der Waals surface area contributed by atoms with Crippen LogP contribution in [0.4, 0.5) is 0 Å². The predicted octanol–water partition coefficient (Wildman–Crippen LogP) is 0.0443. The zero-order valence-corrected chi connectivity index (χ0v) is 12.5. The first-order valence-electron chi connectivity index (χ1n) is 6.37. The summed E-state index contributed by atoms with van der Waals surface area (Å²) < 4.78 is 0. The van der Waals surface area contributed by atoms with E-state index in [2.05, 4.69) is 0 Å². The van der Waals surface area contributed by atoms with E-state index in [9.17, 15) is 19.2 Å². The minimum atomic E-state index is -1.23.